The zero-order valence-corrected chi connectivity index (χ0v) is 8.02. The van der Waals surface area contributed by atoms with E-state index >= 15 is 0 Å². The topological polar surface area (TPSA) is 38.3 Å². The first-order valence-corrected chi connectivity index (χ1v) is 4.37. The third-order valence-electron chi connectivity index (χ3n) is 2.72. The lowest BCUT2D eigenvalue weighted by atomic mass is 9.67. The Morgan fingerprint density at radius 1 is 1.67 bits per heavy atom. The fraction of sp³-hybridized carbons (Fsp3) is 0.889. The van der Waals surface area contributed by atoms with Crippen molar-refractivity contribution in [1.29, 1.82) is 0 Å². The van der Waals surface area contributed by atoms with Gasteiger partial charge < -0.3 is 10.1 Å². The van der Waals surface area contributed by atoms with Crippen LogP contribution in [0.2, 0.25) is 0 Å². The van der Waals surface area contributed by atoms with Crippen molar-refractivity contribution >= 4 is 5.97 Å². The second-order valence-corrected chi connectivity index (χ2v) is 3.80. The number of carbonyl (C=O) groups is 1. The molecule has 12 heavy (non-hydrogen) atoms. The number of hydrogen-bond donors (Lipinski definition) is 1. The summed E-state index contributed by atoms with van der Waals surface area (Å²) >= 11 is 0. The number of esters is 1. The van der Waals surface area contributed by atoms with Crippen LogP contribution in [0.3, 0.4) is 0 Å². The minimum absolute atomic E-state index is 0.0342. The van der Waals surface area contributed by atoms with Gasteiger partial charge >= 0.3 is 5.97 Å². The van der Waals surface area contributed by atoms with Crippen molar-refractivity contribution in [2.24, 2.45) is 5.92 Å². The van der Waals surface area contributed by atoms with Crippen molar-refractivity contribution in [3.05, 3.63) is 0 Å². The Balaban J connectivity index is 2.42. The van der Waals surface area contributed by atoms with Crippen LogP contribution in [-0.2, 0) is 9.53 Å². The van der Waals surface area contributed by atoms with Crippen molar-refractivity contribution < 1.29 is 9.53 Å². The Labute approximate surface area is 73.5 Å². The molecule has 3 nitrogen and oxygen atoms in total. The first kappa shape index (κ1) is 9.52. The van der Waals surface area contributed by atoms with Crippen LogP contribution in [0.5, 0.6) is 0 Å². The van der Waals surface area contributed by atoms with E-state index in [0.717, 1.165) is 18.8 Å². The summed E-state index contributed by atoms with van der Waals surface area (Å²) in [6, 6.07) is 0. The average molecular weight is 171 g/mol. The van der Waals surface area contributed by atoms with Crippen molar-refractivity contribution in [2.45, 2.75) is 31.7 Å². The van der Waals surface area contributed by atoms with Gasteiger partial charge in [0.05, 0.1) is 13.5 Å². The van der Waals surface area contributed by atoms with E-state index in [1.54, 1.807) is 0 Å². The van der Waals surface area contributed by atoms with Gasteiger partial charge in [-0.15, -0.1) is 0 Å². The number of rotatable bonds is 3. The molecule has 0 unspecified atom stereocenters. The molecule has 0 spiro atoms. The molecule has 0 aliphatic heterocycles. The molecule has 0 saturated heterocycles. The summed E-state index contributed by atoms with van der Waals surface area (Å²) in [5, 5.41) is 3.21. The van der Waals surface area contributed by atoms with Gasteiger partial charge in [-0.1, -0.05) is 6.92 Å². The number of carbonyl (C=O) groups excluding carboxylic acids is 1. The summed E-state index contributed by atoms with van der Waals surface area (Å²) in [6.45, 7) is 2.20. The molecule has 1 rings (SSSR count). The predicted octanol–water partition coefficient (Wildman–Crippen LogP) is 0.938. The van der Waals surface area contributed by atoms with Crippen LogP contribution in [0.25, 0.3) is 0 Å². The zero-order chi connectivity index (χ0) is 9.19. The van der Waals surface area contributed by atoms with Crippen LogP contribution in [0, 0.1) is 5.92 Å². The van der Waals surface area contributed by atoms with Crippen LogP contribution in [0.4, 0.5) is 0 Å². The van der Waals surface area contributed by atoms with E-state index in [2.05, 4.69) is 17.0 Å². The van der Waals surface area contributed by atoms with Crippen molar-refractivity contribution in [2.75, 3.05) is 14.2 Å². The Bertz CT molecular complexity index is 173. The fourth-order valence-corrected chi connectivity index (χ4v) is 2.06. The fourth-order valence-electron chi connectivity index (χ4n) is 2.06. The predicted molar refractivity (Wildman–Crippen MR) is 46.8 cm³/mol. The molecule has 1 saturated carbocycles. The molecule has 70 valence electrons. The third kappa shape index (κ3) is 1.78. The summed E-state index contributed by atoms with van der Waals surface area (Å²) in [5.41, 5.74) is 0.0342. The minimum Gasteiger partial charge on any atom is -0.469 e. The summed E-state index contributed by atoms with van der Waals surface area (Å²) in [5.74, 6) is 0.623. The maximum absolute atomic E-state index is 11.0. The van der Waals surface area contributed by atoms with Crippen molar-refractivity contribution in [3.63, 3.8) is 0 Å². The second kappa shape index (κ2) is 3.44. The van der Waals surface area contributed by atoms with E-state index in [-0.39, 0.29) is 11.5 Å². The maximum atomic E-state index is 11.0. The minimum atomic E-state index is -0.115. The molecular formula is C9H17NO2. The highest BCUT2D eigenvalue weighted by atomic mass is 16.5. The van der Waals surface area contributed by atoms with Crippen LogP contribution in [-0.4, -0.2) is 25.7 Å². The van der Waals surface area contributed by atoms with Gasteiger partial charge in [0.2, 0.25) is 0 Å². The Hall–Kier alpha value is -0.570. The van der Waals surface area contributed by atoms with Crippen molar-refractivity contribution in [1.82, 2.24) is 5.32 Å². The monoisotopic (exact) mass is 171 g/mol. The highest BCUT2D eigenvalue weighted by molar-refractivity contribution is 5.71. The smallest absolute Gasteiger partial charge is 0.307 e. The molecule has 0 radical (unpaired) electrons. The zero-order valence-electron chi connectivity index (χ0n) is 8.02. The highest BCUT2D eigenvalue weighted by Gasteiger charge is 2.42. The average Bonchev–Trinajstić information content (AvgIpc) is 2.01. The lowest BCUT2D eigenvalue weighted by Gasteiger charge is -2.45. The number of ether oxygens (including phenoxy) is 1. The SMILES string of the molecule is CNC1(CC(=O)OC)CC(C)C1. The van der Waals surface area contributed by atoms with Gasteiger partial charge in [-0.2, -0.15) is 0 Å². The van der Waals surface area contributed by atoms with Crippen LogP contribution < -0.4 is 5.32 Å². The van der Waals surface area contributed by atoms with E-state index in [4.69, 9.17) is 0 Å². The van der Waals surface area contributed by atoms with Crippen LogP contribution in [0.1, 0.15) is 26.2 Å². The number of nitrogens with one attached hydrogen (secondary N) is 1. The third-order valence-corrected chi connectivity index (χ3v) is 2.72. The molecule has 0 aromatic heterocycles. The highest BCUT2D eigenvalue weighted by Crippen LogP contribution is 2.39. The summed E-state index contributed by atoms with van der Waals surface area (Å²) in [6.07, 6.45) is 2.67. The van der Waals surface area contributed by atoms with Gasteiger partial charge in [0.15, 0.2) is 0 Å². The summed E-state index contributed by atoms with van der Waals surface area (Å²) < 4.78 is 4.64. The molecule has 0 aromatic rings. The van der Waals surface area contributed by atoms with Gasteiger partial charge in [0.1, 0.15) is 0 Å². The Morgan fingerprint density at radius 3 is 2.58 bits per heavy atom. The molecule has 0 aromatic carbocycles. The van der Waals surface area contributed by atoms with Crippen LogP contribution >= 0.6 is 0 Å². The summed E-state index contributed by atoms with van der Waals surface area (Å²) in [4.78, 5) is 11.0. The van der Waals surface area contributed by atoms with E-state index in [1.807, 2.05) is 7.05 Å². The lowest BCUT2D eigenvalue weighted by molar-refractivity contribution is -0.143. The second-order valence-electron chi connectivity index (χ2n) is 3.80. The first-order valence-electron chi connectivity index (χ1n) is 4.37. The number of hydrogen-bond acceptors (Lipinski definition) is 3. The Kier molecular flexibility index (Phi) is 2.73. The number of methoxy groups -OCH3 is 1. The van der Waals surface area contributed by atoms with Gasteiger partial charge in [0, 0.05) is 5.54 Å². The first-order chi connectivity index (χ1) is 5.62. The van der Waals surface area contributed by atoms with Crippen molar-refractivity contribution in [3.8, 4) is 0 Å². The Morgan fingerprint density at radius 2 is 2.25 bits per heavy atom. The van der Waals surface area contributed by atoms with E-state index < -0.39 is 0 Å². The largest absolute Gasteiger partial charge is 0.469 e. The van der Waals surface area contributed by atoms with Gasteiger partial charge in [-0.25, -0.2) is 0 Å². The van der Waals surface area contributed by atoms with Gasteiger partial charge in [0.25, 0.3) is 0 Å². The lowest BCUT2D eigenvalue weighted by Crippen LogP contribution is -2.54. The van der Waals surface area contributed by atoms with Gasteiger partial charge in [-0.3, -0.25) is 4.79 Å². The summed E-state index contributed by atoms with van der Waals surface area (Å²) in [7, 11) is 3.35. The van der Waals surface area contributed by atoms with Crippen LogP contribution in [0.15, 0.2) is 0 Å². The molecule has 3 heteroatoms. The van der Waals surface area contributed by atoms with E-state index in [0.29, 0.717) is 6.42 Å². The molecule has 1 N–H and O–H groups in total. The van der Waals surface area contributed by atoms with E-state index in [1.165, 1.54) is 7.11 Å². The molecule has 1 fully saturated rings. The molecular weight excluding hydrogens is 154 g/mol. The molecule has 0 heterocycles. The molecule has 0 atom stereocenters. The molecule has 1 aliphatic carbocycles. The normalized spacial score (nSPS) is 34.1. The van der Waals surface area contributed by atoms with E-state index in [9.17, 15) is 4.79 Å². The standard InChI is InChI=1S/C9H17NO2/c1-7-4-9(5-7,10-2)6-8(11)12-3/h7,10H,4-6H2,1-3H3. The molecule has 0 amide bonds. The van der Waals surface area contributed by atoms with Gasteiger partial charge in [-0.05, 0) is 25.8 Å². The maximum Gasteiger partial charge on any atom is 0.307 e. The molecule has 1 aliphatic rings. The quantitative estimate of drug-likeness (QED) is 0.642. The molecule has 0 bridgehead atoms.